The molecule has 0 aliphatic carbocycles. The zero-order valence-electron chi connectivity index (χ0n) is 16.8. The second-order valence-corrected chi connectivity index (χ2v) is 10.5. The van der Waals surface area contributed by atoms with Crippen molar-refractivity contribution in [2.45, 2.75) is 46.1 Å². The summed E-state index contributed by atoms with van der Waals surface area (Å²) in [7, 11) is -3.15. The molecule has 3 aromatic rings. The van der Waals surface area contributed by atoms with E-state index in [0.29, 0.717) is 28.5 Å². The van der Waals surface area contributed by atoms with Crippen molar-refractivity contribution in [2.75, 3.05) is 11.5 Å². The highest BCUT2D eigenvalue weighted by Crippen LogP contribution is 2.34. The van der Waals surface area contributed by atoms with E-state index in [-0.39, 0.29) is 23.5 Å². The van der Waals surface area contributed by atoms with Crippen LogP contribution in [0.5, 0.6) is 0 Å². The molecule has 1 unspecified atom stereocenters. The standard InChI is InChI=1S/C21H23NO6S/c1-11-7-15-18(19-17(11)12(2)9-27-19)13(3)14(20(24)28-15)8-16(23)22-21(4)5-6-29(25,26)10-21/h7,9H,5-6,8,10H2,1-4H3,(H,22,23). The molecule has 3 heterocycles. The highest BCUT2D eigenvalue weighted by atomic mass is 32.2. The van der Waals surface area contributed by atoms with Crippen molar-refractivity contribution in [3.8, 4) is 0 Å². The van der Waals surface area contributed by atoms with Crippen LogP contribution in [0.1, 0.15) is 35.6 Å². The second-order valence-electron chi connectivity index (χ2n) is 8.31. The number of benzene rings is 1. The number of carbonyl (C=O) groups excluding carboxylic acids is 1. The Hall–Kier alpha value is -2.61. The Morgan fingerprint density at radius 1 is 1.21 bits per heavy atom. The minimum absolute atomic E-state index is 0.0517. The van der Waals surface area contributed by atoms with Crippen molar-refractivity contribution >= 4 is 37.7 Å². The summed E-state index contributed by atoms with van der Waals surface area (Å²) >= 11 is 0. The van der Waals surface area contributed by atoms with Crippen LogP contribution < -0.4 is 10.9 Å². The maximum absolute atomic E-state index is 12.6. The van der Waals surface area contributed by atoms with E-state index < -0.39 is 26.9 Å². The van der Waals surface area contributed by atoms with E-state index >= 15 is 0 Å². The van der Waals surface area contributed by atoms with E-state index in [1.54, 1.807) is 20.1 Å². The van der Waals surface area contributed by atoms with Crippen LogP contribution in [-0.2, 0) is 21.1 Å². The lowest BCUT2D eigenvalue weighted by molar-refractivity contribution is -0.122. The number of hydrogen-bond donors (Lipinski definition) is 1. The van der Waals surface area contributed by atoms with Gasteiger partial charge in [-0.2, -0.15) is 0 Å². The molecule has 1 saturated heterocycles. The molecule has 0 saturated carbocycles. The molecule has 1 aliphatic heterocycles. The van der Waals surface area contributed by atoms with Gasteiger partial charge in [0.1, 0.15) is 11.2 Å². The third-order valence-electron chi connectivity index (χ3n) is 5.75. The molecule has 0 spiro atoms. The lowest BCUT2D eigenvalue weighted by atomic mass is 9.97. The number of rotatable bonds is 3. The molecule has 1 atom stereocenters. The molecule has 4 rings (SSSR count). The minimum atomic E-state index is -3.15. The summed E-state index contributed by atoms with van der Waals surface area (Å²) in [5, 5.41) is 4.43. The van der Waals surface area contributed by atoms with Gasteiger partial charge in [-0.3, -0.25) is 4.79 Å². The van der Waals surface area contributed by atoms with E-state index in [1.807, 2.05) is 19.9 Å². The third-order valence-corrected chi connectivity index (χ3v) is 7.65. The van der Waals surface area contributed by atoms with E-state index in [0.717, 1.165) is 16.5 Å². The minimum Gasteiger partial charge on any atom is -0.463 e. The molecule has 1 N–H and O–H groups in total. The fourth-order valence-corrected chi connectivity index (χ4v) is 6.42. The summed E-state index contributed by atoms with van der Waals surface area (Å²) in [5.74, 6) is -0.447. The van der Waals surface area contributed by atoms with E-state index in [4.69, 9.17) is 8.83 Å². The summed E-state index contributed by atoms with van der Waals surface area (Å²) in [5.41, 5.74) is 2.48. The maximum Gasteiger partial charge on any atom is 0.340 e. The summed E-state index contributed by atoms with van der Waals surface area (Å²) in [4.78, 5) is 25.2. The van der Waals surface area contributed by atoms with Crippen LogP contribution in [-0.4, -0.2) is 31.4 Å². The van der Waals surface area contributed by atoms with Crippen molar-refractivity contribution in [3.63, 3.8) is 0 Å². The highest BCUT2D eigenvalue weighted by Gasteiger charge is 2.39. The summed E-state index contributed by atoms with van der Waals surface area (Å²) < 4.78 is 34.8. The monoisotopic (exact) mass is 417 g/mol. The van der Waals surface area contributed by atoms with Gasteiger partial charge in [0.25, 0.3) is 0 Å². The van der Waals surface area contributed by atoms with Gasteiger partial charge in [0, 0.05) is 5.39 Å². The molecule has 2 aromatic heterocycles. The number of hydrogen-bond acceptors (Lipinski definition) is 6. The van der Waals surface area contributed by atoms with Crippen molar-refractivity contribution < 1.29 is 22.0 Å². The number of aryl methyl sites for hydroxylation is 3. The molecule has 0 bridgehead atoms. The molecular weight excluding hydrogens is 394 g/mol. The van der Waals surface area contributed by atoms with Crippen LogP contribution in [0, 0.1) is 20.8 Å². The van der Waals surface area contributed by atoms with E-state index in [1.165, 1.54) is 0 Å². The normalized spacial score (nSPS) is 21.1. The average molecular weight is 417 g/mol. The van der Waals surface area contributed by atoms with Crippen LogP contribution in [0.25, 0.3) is 21.9 Å². The summed E-state index contributed by atoms with van der Waals surface area (Å²) in [6.45, 7) is 7.36. The Labute approximate surface area is 168 Å². The van der Waals surface area contributed by atoms with Gasteiger partial charge < -0.3 is 14.2 Å². The van der Waals surface area contributed by atoms with Gasteiger partial charge in [-0.05, 0) is 56.9 Å². The molecule has 1 fully saturated rings. The number of nitrogens with one attached hydrogen (secondary N) is 1. The SMILES string of the molecule is Cc1coc2c1c(C)cc1oc(=O)c(CC(=O)NC3(C)CCS(=O)(=O)C3)c(C)c12. The van der Waals surface area contributed by atoms with Gasteiger partial charge in [0.15, 0.2) is 9.84 Å². The first-order valence-corrected chi connectivity index (χ1v) is 11.3. The van der Waals surface area contributed by atoms with Crippen LogP contribution in [0.4, 0.5) is 0 Å². The molecule has 0 radical (unpaired) electrons. The van der Waals surface area contributed by atoms with Crippen molar-refractivity contribution in [2.24, 2.45) is 0 Å². The lowest BCUT2D eigenvalue weighted by Crippen LogP contribution is -2.47. The Kier molecular flexibility index (Phi) is 4.38. The van der Waals surface area contributed by atoms with Crippen molar-refractivity contribution in [1.29, 1.82) is 0 Å². The van der Waals surface area contributed by atoms with Gasteiger partial charge in [0.2, 0.25) is 5.91 Å². The second kappa shape index (κ2) is 6.45. The fraction of sp³-hybridized carbons (Fsp3) is 0.429. The van der Waals surface area contributed by atoms with Crippen LogP contribution in [0.15, 0.2) is 26.0 Å². The zero-order chi connectivity index (χ0) is 21.1. The van der Waals surface area contributed by atoms with Gasteiger partial charge in [-0.25, -0.2) is 13.2 Å². The molecule has 1 aliphatic rings. The Bertz CT molecular complexity index is 1330. The van der Waals surface area contributed by atoms with Gasteiger partial charge >= 0.3 is 5.63 Å². The van der Waals surface area contributed by atoms with Crippen LogP contribution in [0.3, 0.4) is 0 Å². The first kappa shape index (κ1) is 19.7. The predicted octanol–water partition coefficient (Wildman–Crippen LogP) is 2.70. The number of fused-ring (bicyclic) bond motifs is 3. The van der Waals surface area contributed by atoms with Gasteiger partial charge in [0.05, 0.1) is 40.7 Å². The molecule has 1 aromatic carbocycles. The highest BCUT2D eigenvalue weighted by molar-refractivity contribution is 7.91. The Morgan fingerprint density at radius 2 is 1.93 bits per heavy atom. The van der Waals surface area contributed by atoms with Crippen LogP contribution in [0.2, 0.25) is 0 Å². The lowest BCUT2D eigenvalue weighted by Gasteiger charge is -2.24. The number of amides is 1. The first-order valence-electron chi connectivity index (χ1n) is 9.45. The molecular formula is C21H23NO6S. The van der Waals surface area contributed by atoms with E-state index in [2.05, 4.69) is 5.32 Å². The third kappa shape index (κ3) is 3.35. The number of furan rings is 1. The smallest absolute Gasteiger partial charge is 0.340 e. The van der Waals surface area contributed by atoms with Crippen molar-refractivity contribution in [3.05, 3.63) is 45.0 Å². The zero-order valence-corrected chi connectivity index (χ0v) is 17.7. The number of carbonyl (C=O) groups is 1. The molecule has 1 amide bonds. The maximum atomic E-state index is 12.6. The Morgan fingerprint density at radius 3 is 2.59 bits per heavy atom. The molecule has 8 heteroatoms. The number of sulfone groups is 1. The first-order chi connectivity index (χ1) is 13.5. The largest absolute Gasteiger partial charge is 0.463 e. The van der Waals surface area contributed by atoms with Crippen LogP contribution >= 0.6 is 0 Å². The van der Waals surface area contributed by atoms with Gasteiger partial charge in [-0.15, -0.1) is 0 Å². The molecule has 29 heavy (non-hydrogen) atoms. The van der Waals surface area contributed by atoms with Crippen molar-refractivity contribution in [1.82, 2.24) is 5.32 Å². The topological polar surface area (TPSA) is 107 Å². The average Bonchev–Trinajstić information content (AvgIpc) is 3.11. The van der Waals surface area contributed by atoms with E-state index in [9.17, 15) is 18.0 Å². The molecule has 7 nitrogen and oxygen atoms in total. The summed E-state index contributed by atoms with van der Waals surface area (Å²) in [6, 6.07) is 1.81. The van der Waals surface area contributed by atoms with Gasteiger partial charge in [-0.1, -0.05) is 0 Å². The fourth-order valence-electron chi connectivity index (χ4n) is 4.33. The predicted molar refractivity (Wildman–Crippen MR) is 110 cm³/mol. The molecule has 154 valence electrons. The summed E-state index contributed by atoms with van der Waals surface area (Å²) in [6.07, 6.45) is 1.84. The Balaban J connectivity index is 1.75. The quantitative estimate of drug-likeness (QED) is 0.657.